The largest absolute Gasteiger partial charge is 0.508 e. The maximum Gasteiger partial charge on any atom is 0.508 e. The van der Waals surface area contributed by atoms with Crippen LogP contribution in [0.5, 0.6) is 0 Å². The van der Waals surface area contributed by atoms with E-state index in [1.165, 1.54) is 7.11 Å². The fourth-order valence-corrected chi connectivity index (χ4v) is 9.16. The number of carbonyl (C=O) groups excluding carboxylic acids is 2. The highest BCUT2D eigenvalue weighted by atomic mass is 16.7. The number of hydrogen-bond donors (Lipinski definition) is 2. The third-order valence-electron chi connectivity index (χ3n) is 11.1. The molecule has 7 heteroatoms. The summed E-state index contributed by atoms with van der Waals surface area (Å²) < 4.78 is 15.4. The minimum absolute atomic E-state index is 0.0231. The molecule has 4 rings (SSSR count). The van der Waals surface area contributed by atoms with E-state index in [0.717, 1.165) is 44.9 Å². The molecule has 0 aromatic heterocycles. The molecule has 0 bridgehead atoms. The Kier molecular flexibility index (Phi) is 7.78. The Morgan fingerprint density at radius 3 is 2.49 bits per heavy atom. The van der Waals surface area contributed by atoms with E-state index in [0.29, 0.717) is 31.3 Å². The first kappa shape index (κ1) is 26.7. The molecule has 4 fully saturated rings. The van der Waals surface area contributed by atoms with E-state index in [2.05, 4.69) is 20.8 Å². The summed E-state index contributed by atoms with van der Waals surface area (Å²) in [5.74, 6) is 1.46. The summed E-state index contributed by atoms with van der Waals surface area (Å²) in [6, 6.07) is 0. The third kappa shape index (κ3) is 4.60. The van der Waals surface area contributed by atoms with Gasteiger partial charge in [-0.1, -0.05) is 20.8 Å². The lowest BCUT2D eigenvalue weighted by Crippen LogP contribution is -2.62. The molecule has 0 aliphatic heterocycles. The van der Waals surface area contributed by atoms with Gasteiger partial charge in [0, 0.05) is 6.42 Å². The van der Waals surface area contributed by atoms with Crippen LogP contribution in [0.4, 0.5) is 4.79 Å². The molecule has 7 nitrogen and oxygen atoms in total. The van der Waals surface area contributed by atoms with Gasteiger partial charge in [0.05, 0.1) is 25.9 Å². The average molecular weight is 495 g/mol. The lowest BCUT2D eigenvalue weighted by molar-refractivity contribution is -0.207. The van der Waals surface area contributed by atoms with Crippen LogP contribution in [0.15, 0.2) is 0 Å². The van der Waals surface area contributed by atoms with E-state index in [1.54, 1.807) is 6.92 Å². The molecule has 4 aliphatic carbocycles. The molecule has 2 N–H and O–H groups in total. The van der Waals surface area contributed by atoms with E-state index in [1.807, 2.05) is 0 Å². The van der Waals surface area contributed by atoms with Gasteiger partial charge < -0.3 is 24.4 Å². The van der Waals surface area contributed by atoms with Crippen LogP contribution in [-0.4, -0.2) is 54.4 Å². The standard InChI is InChI=1S/C28H46O7/c1-6-34-26(32)35-18-11-12-27(3)17(13-18)14-22(29)25-20-9-8-19(16(2)7-10-24(31)33-5)28(20,4)23(30)15-21(25)27/h16-23,25,29-30H,6-15H2,1-5H3. The molecule has 11 atom stereocenters. The number of carbonyl (C=O) groups is 2. The van der Waals surface area contributed by atoms with E-state index in [4.69, 9.17) is 14.2 Å². The molecular formula is C28H46O7. The van der Waals surface area contributed by atoms with Crippen molar-refractivity contribution in [1.82, 2.24) is 0 Å². The molecule has 0 aromatic carbocycles. The second-order valence-corrected chi connectivity index (χ2v) is 12.4. The van der Waals surface area contributed by atoms with Crippen molar-refractivity contribution in [3.05, 3.63) is 0 Å². The van der Waals surface area contributed by atoms with Gasteiger partial charge in [-0.15, -0.1) is 0 Å². The van der Waals surface area contributed by atoms with Crippen molar-refractivity contribution in [1.29, 1.82) is 0 Å². The van der Waals surface area contributed by atoms with Gasteiger partial charge in [-0.2, -0.15) is 0 Å². The molecule has 0 heterocycles. The van der Waals surface area contributed by atoms with Crippen molar-refractivity contribution in [3.8, 4) is 0 Å². The Morgan fingerprint density at radius 2 is 1.80 bits per heavy atom. The first-order valence-corrected chi connectivity index (χ1v) is 13.8. The quantitative estimate of drug-likeness (QED) is 0.515. The second-order valence-electron chi connectivity index (χ2n) is 12.4. The number of hydrogen-bond acceptors (Lipinski definition) is 7. The van der Waals surface area contributed by atoms with Crippen molar-refractivity contribution < 1.29 is 34.0 Å². The normalized spacial score (nSPS) is 45.5. The first-order valence-electron chi connectivity index (χ1n) is 13.8. The van der Waals surface area contributed by atoms with E-state index in [9.17, 15) is 19.8 Å². The summed E-state index contributed by atoms with van der Waals surface area (Å²) in [6.07, 6.45) is 5.58. The number of rotatable bonds is 6. The summed E-state index contributed by atoms with van der Waals surface area (Å²) in [4.78, 5) is 23.6. The van der Waals surface area contributed by atoms with Gasteiger partial charge in [-0.3, -0.25) is 4.79 Å². The zero-order valence-corrected chi connectivity index (χ0v) is 22.2. The van der Waals surface area contributed by atoms with Crippen molar-refractivity contribution in [3.63, 3.8) is 0 Å². The Morgan fingerprint density at radius 1 is 1.06 bits per heavy atom. The SMILES string of the molecule is CCOC(=O)OC1CCC2(C)C(C1)CC(O)C1C2CC(O)C2(C)C(C(C)CCC(=O)OC)CCC12. The van der Waals surface area contributed by atoms with Gasteiger partial charge >= 0.3 is 12.1 Å². The number of esters is 1. The summed E-state index contributed by atoms with van der Waals surface area (Å²) >= 11 is 0. The molecule has 0 amide bonds. The molecule has 4 saturated carbocycles. The van der Waals surface area contributed by atoms with Gasteiger partial charge in [0.1, 0.15) is 6.10 Å². The molecule has 200 valence electrons. The minimum Gasteiger partial charge on any atom is -0.469 e. The fraction of sp³-hybridized carbons (Fsp3) is 0.929. The predicted octanol–water partition coefficient (Wildman–Crippen LogP) is 4.72. The minimum atomic E-state index is -0.600. The zero-order chi connectivity index (χ0) is 25.5. The van der Waals surface area contributed by atoms with Crippen molar-refractivity contribution in [2.75, 3.05) is 13.7 Å². The number of methoxy groups -OCH3 is 1. The fourth-order valence-electron chi connectivity index (χ4n) is 9.16. The van der Waals surface area contributed by atoms with Gasteiger partial charge in [-0.05, 0) is 105 Å². The van der Waals surface area contributed by atoms with E-state index >= 15 is 0 Å². The number of aliphatic hydroxyl groups excluding tert-OH is 2. The zero-order valence-electron chi connectivity index (χ0n) is 22.2. The van der Waals surface area contributed by atoms with Gasteiger partial charge in [0.2, 0.25) is 0 Å². The summed E-state index contributed by atoms with van der Waals surface area (Å²) in [7, 11) is 1.43. The van der Waals surface area contributed by atoms with Crippen molar-refractivity contribution >= 4 is 12.1 Å². The van der Waals surface area contributed by atoms with Crippen LogP contribution >= 0.6 is 0 Å². The monoisotopic (exact) mass is 494 g/mol. The average Bonchev–Trinajstić information content (AvgIpc) is 3.17. The highest BCUT2D eigenvalue weighted by Crippen LogP contribution is 2.68. The highest BCUT2D eigenvalue weighted by molar-refractivity contribution is 5.69. The maximum absolute atomic E-state index is 11.9. The van der Waals surface area contributed by atoms with Crippen molar-refractivity contribution in [2.45, 2.75) is 104 Å². The molecule has 0 saturated heterocycles. The lowest BCUT2D eigenvalue weighted by Gasteiger charge is -2.63. The molecular weight excluding hydrogens is 448 g/mol. The van der Waals surface area contributed by atoms with Gasteiger partial charge in [0.25, 0.3) is 0 Å². The van der Waals surface area contributed by atoms with Crippen molar-refractivity contribution in [2.24, 2.45) is 46.3 Å². The third-order valence-corrected chi connectivity index (χ3v) is 11.1. The van der Waals surface area contributed by atoms with Crippen LogP contribution in [-0.2, 0) is 19.0 Å². The van der Waals surface area contributed by atoms with Crippen LogP contribution in [0.2, 0.25) is 0 Å². The Balaban J connectivity index is 1.50. The van der Waals surface area contributed by atoms with Crippen LogP contribution in [0.3, 0.4) is 0 Å². The Hall–Kier alpha value is -1.34. The lowest BCUT2D eigenvalue weighted by atomic mass is 9.43. The van der Waals surface area contributed by atoms with Crippen LogP contribution in [0.1, 0.15) is 85.5 Å². The van der Waals surface area contributed by atoms with Crippen LogP contribution in [0.25, 0.3) is 0 Å². The van der Waals surface area contributed by atoms with Crippen LogP contribution < -0.4 is 0 Å². The maximum atomic E-state index is 11.9. The molecule has 0 aromatic rings. The highest BCUT2D eigenvalue weighted by Gasteiger charge is 2.65. The summed E-state index contributed by atoms with van der Waals surface area (Å²) in [5.41, 5.74) is -0.222. The Labute approximate surface area is 210 Å². The smallest absolute Gasteiger partial charge is 0.469 e. The molecule has 0 radical (unpaired) electrons. The summed E-state index contributed by atoms with van der Waals surface area (Å²) in [6.45, 7) is 8.88. The molecule has 11 unspecified atom stereocenters. The second kappa shape index (κ2) is 10.2. The molecule has 35 heavy (non-hydrogen) atoms. The van der Waals surface area contributed by atoms with E-state index in [-0.39, 0.29) is 46.6 Å². The predicted molar refractivity (Wildman–Crippen MR) is 130 cm³/mol. The van der Waals surface area contributed by atoms with Crippen LogP contribution in [0, 0.1) is 46.3 Å². The number of fused-ring (bicyclic) bond motifs is 5. The molecule has 4 aliphatic rings. The Bertz CT molecular complexity index is 785. The van der Waals surface area contributed by atoms with E-state index < -0.39 is 18.4 Å². The van der Waals surface area contributed by atoms with Gasteiger partial charge in [0.15, 0.2) is 0 Å². The molecule has 0 spiro atoms. The van der Waals surface area contributed by atoms with Gasteiger partial charge in [-0.25, -0.2) is 4.79 Å². The summed E-state index contributed by atoms with van der Waals surface area (Å²) in [5, 5.41) is 23.2. The topological polar surface area (TPSA) is 102 Å². The number of ether oxygens (including phenoxy) is 3. The number of aliphatic hydroxyl groups is 2. The first-order chi connectivity index (χ1) is 16.6.